The van der Waals surface area contributed by atoms with Crippen LogP contribution in [0.4, 0.5) is 5.69 Å². The highest BCUT2D eigenvalue weighted by Crippen LogP contribution is 2.06. The third-order valence-electron chi connectivity index (χ3n) is 5.16. The van der Waals surface area contributed by atoms with E-state index in [1.807, 2.05) is 13.8 Å². The van der Waals surface area contributed by atoms with Gasteiger partial charge in [-0.2, -0.15) is 0 Å². The number of anilines is 1. The molecule has 0 saturated heterocycles. The van der Waals surface area contributed by atoms with Gasteiger partial charge in [-0.1, -0.05) is 19.9 Å². The summed E-state index contributed by atoms with van der Waals surface area (Å²) in [7, 11) is 0. The molecule has 0 fully saturated rings. The lowest BCUT2D eigenvalue weighted by Gasteiger charge is -2.18. The molecule has 0 aliphatic carbocycles. The topological polar surface area (TPSA) is 194 Å². The van der Waals surface area contributed by atoms with E-state index in [9.17, 15) is 24.0 Å². The summed E-state index contributed by atoms with van der Waals surface area (Å²) in [5.74, 6) is -1.57. The van der Waals surface area contributed by atoms with Gasteiger partial charge in [0.25, 0.3) is 5.56 Å². The van der Waals surface area contributed by atoms with Crippen molar-refractivity contribution in [1.82, 2.24) is 20.5 Å². The molecule has 0 aliphatic rings. The van der Waals surface area contributed by atoms with Gasteiger partial charge in [0.2, 0.25) is 17.7 Å². The number of aliphatic hydroxyl groups is 1. The molecular weight excluding hydrogens is 496 g/mol. The molecule has 0 spiro atoms. The van der Waals surface area contributed by atoms with Crippen molar-refractivity contribution in [3.8, 4) is 0 Å². The number of nitrogens with two attached hydrogens (primary N) is 1. The van der Waals surface area contributed by atoms with Gasteiger partial charge in [-0.05, 0) is 44.2 Å². The molecule has 1 heterocycles. The number of carbonyl (C=O) groups excluding carboxylic acids is 4. The molecule has 7 N–H and O–H groups in total. The molecule has 1 rings (SSSR count). The molecule has 212 valence electrons. The van der Waals surface area contributed by atoms with E-state index in [1.165, 1.54) is 35.0 Å². The van der Waals surface area contributed by atoms with Crippen LogP contribution in [-0.2, 0) is 30.5 Å². The Morgan fingerprint density at radius 1 is 1.16 bits per heavy atom. The molecule has 0 radical (unpaired) electrons. The molecule has 38 heavy (non-hydrogen) atoms. The summed E-state index contributed by atoms with van der Waals surface area (Å²) >= 11 is 0. The first-order chi connectivity index (χ1) is 18.0. The molecule has 2 atom stereocenters. The summed E-state index contributed by atoms with van der Waals surface area (Å²) in [5.41, 5.74) is 4.55. The Bertz CT molecular complexity index is 1010. The van der Waals surface area contributed by atoms with Crippen LogP contribution < -0.4 is 32.6 Å². The molecule has 1 unspecified atom stereocenters. The van der Waals surface area contributed by atoms with E-state index in [-0.39, 0.29) is 50.6 Å². The van der Waals surface area contributed by atoms with E-state index >= 15 is 0 Å². The van der Waals surface area contributed by atoms with Crippen molar-refractivity contribution in [2.45, 2.75) is 65.4 Å². The number of nitrogens with zero attached hydrogens (tertiary/aromatic N) is 1. The minimum absolute atomic E-state index is 0.0540. The molecule has 13 nitrogen and oxygen atoms in total. The summed E-state index contributed by atoms with van der Waals surface area (Å²) in [4.78, 5) is 61.9. The average Bonchev–Trinajstić information content (AvgIpc) is 2.83. The second-order valence-corrected chi connectivity index (χ2v) is 8.88. The van der Waals surface area contributed by atoms with Gasteiger partial charge in [-0.25, -0.2) is 4.79 Å². The SMILES string of the molecule is CCOC(=O)/C=C/CC[C@H](NC(=O)CCNC(N)O)C(=O)Nc1cccn(CC(=O)NCCC(C)C)c1=O. The summed E-state index contributed by atoms with van der Waals surface area (Å²) in [6.07, 6.45) is 4.03. The number of aromatic nitrogens is 1. The molecule has 3 amide bonds. The van der Waals surface area contributed by atoms with Crippen LogP contribution in [-0.4, -0.2) is 65.5 Å². The van der Waals surface area contributed by atoms with E-state index in [2.05, 4.69) is 21.3 Å². The summed E-state index contributed by atoms with van der Waals surface area (Å²) in [5, 5.41) is 19.4. The highest BCUT2D eigenvalue weighted by molar-refractivity contribution is 5.97. The van der Waals surface area contributed by atoms with E-state index in [4.69, 9.17) is 15.6 Å². The standard InChI is InChI=1S/C25H40N6O7/c1-4-38-22(34)10-6-5-8-18(29-20(32)12-14-28-25(26)37)23(35)30-19-9-7-15-31(24(19)36)16-21(33)27-13-11-17(2)3/h6-7,9-10,15,17-18,25,28,37H,4-5,8,11-14,16,26H2,1-3H3,(H,27,33)(H,29,32)(H,30,35)/b10-6+/t18-,25?/m0/s1. The number of rotatable bonds is 17. The van der Waals surface area contributed by atoms with Gasteiger partial charge in [-0.3, -0.25) is 30.2 Å². The maximum atomic E-state index is 13.0. The fourth-order valence-electron chi connectivity index (χ4n) is 3.19. The number of allylic oxidation sites excluding steroid dienone is 1. The zero-order chi connectivity index (χ0) is 28.5. The number of ether oxygens (including phenoxy) is 1. The molecule has 1 aromatic heterocycles. The number of pyridine rings is 1. The van der Waals surface area contributed by atoms with Crippen LogP contribution in [0.2, 0.25) is 0 Å². The van der Waals surface area contributed by atoms with E-state index in [0.717, 1.165) is 6.42 Å². The number of aliphatic hydroxyl groups excluding tert-OH is 1. The van der Waals surface area contributed by atoms with Crippen molar-refractivity contribution in [3.63, 3.8) is 0 Å². The third-order valence-corrected chi connectivity index (χ3v) is 5.16. The fourth-order valence-corrected chi connectivity index (χ4v) is 3.19. The fraction of sp³-hybridized carbons (Fsp3) is 0.560. The quantitative estimate of drug-likeness (QED) is 0.0868. The number of esters is 1. The Kier molecular flexibility index (Phi) is 15.2. The predicted octanol–water partition coefficient (Wildman–Crippen LogP) is -0.452. The second kappa shape index (κ2) is 17.8. The first-order valence-electron chi connectivity index (χ1n) is 12.6. The lowest BCUT2D eigenvalue weighted by molar-refractivity contribution is -0.137. The number of nitrogens with one attached hydrogen (secondary N) is 4. The molecule has 13 heteroatoms. The maximum Gasteiger partial charge on any atom is 0.330 e. The van der Waals surface area contributed by atoms with Crippen molar-refractivity contribution in [1.29, 1.82) is 0 Å². The van der Waals surface area contributed by atoms with Gasteiger partial charge >= 0.3 is 5.97 Å². The summed E-state index contributed by atoms with van der Waals surface area (Å²) in [6, 6.07) is 1.89. The monoisotopic (exact) mass is 536 g/mol. The second-order valence-electron chi connectivity index (χ2n) is 8.88. The lowest BCUT2D eigenvalue weighted by Crippen LogP contribution is -2.46. The van der Waals surface area contributed by atoms with Crippen LogP contribution in [0.25, 0.3) is 0 Å². The summed E-state index contributed by atoms with van der Waals surface area (Å²) in [6.45, 7) is 6.34. The zero-order valence-electron chi connectivity index (χ0n) is 22.2. The number of carbonyl (C=O) groups is 4. The smallest absolute Gasteiger partial charge is 0.330 e. The van der Waals surface area contributed by atoms with Gasteiger partial charge in [0.15, 0.2) is 6.35 Å². The van der Waals surface area contributed by atoms with Gasteiger partial charge in [0.1, 0.15) is 18.3 Å². The Balaban J connectivity index is 2.89. The van der Waals surface area contributed by atoms with E-state index in [1.54, 1.807) is 6.92 Å². The Morgan fingerprint density at radius 3 is 2.55 bits per heavy atom. The van der Waals surface area contributed by atoms with E-state index in [0.29, 0.717) is 12.5 Å². The van der Waals surface area contributed by atoms with Crippen LogP contribution in [0.3, 0.4) is 0 Å². The average molecular weight is 537 g/mol. The minimum Gasteiger partial charge on any atom is -0.463 e. The molecular formula is C25H40N6O7. The number of hydrogen-bond acceptors (Lipinski definition) is 9. The Labute approximate surface area is 222 Å². The van der Waals surface area contributed by atoms with Crippen molar-refractivity contribution >= 4 is 29.4 Å². The van der Waals surface area contributed by atoms with Gasteiger partial charge in [0, 0.05) is 31.8 Å². The molecule has 0 bridgehead atoms. The van der Waals surface area contributed by atoms with Crippen molar-refractivity contribution in [2.24, 2.45) is 11.7 Å². The van der Waals surface area contributed by atoms with Crippen molar-refractivity contribution in [2.75, 3.05) is 25.0 Å². The predicted molar refractivity (Wildman–Crippen MR) is 142 cm³/mol. The molecule has 0 aliphatic heterocycles. The first kappa shape index (κ1) is 32.5. The number of hydrogen-bond donors (Lipinski definition) is 6. The highest BCUT2D eigenvalue weighted by Gasteiger charge is 2.21. The van der Waals surface area contributed by atoms with E-state index < -0.39 is 35.7 Å². The summed E-state index contributed by atoms with van der Waals surface area (Å²) < 4.78 is 5.99. The maximum absolute atomic E-state index is 13.0. The largest absolute Gasteiger partial charge is 0.463 e. The third kappa shape index (κ3) is 13.7. The number of amides is 3. The molecule has 0 saturated carbocycles. The molecule has 0 aromatic carbocycles. The molecule has 1 aromatic rings. The van der Waals surface area contributed by atoms with Crippen molar-refractivity contribution < 1.29 is 29.0 Å². The zero-order valence-corrected chi connectivity index (χ0v) is 22.2. The normalized spacial score (nSPS) is 12.7. The van der Waals surface area contributed by atoms with Gasteiger partial charge in [-0.15, -0.1) is 0 Å². The van der Waals surface area contributed by atoms with Crippen LogP contribution >= 0.6 is 0 Å². The Hall–Kier alpha value is -3.55. The van der Waals surface area contributed by atoms with Crippen LogP contribution in [0, 0.1) is 5.92 Å². The minimum atomic E-state index is -1.28. The van der Waals surface area contributed by atoms with Gasteiger partial charge < -0.3 is 30.4 Å². The highest BCUT2D eigenvalue weighted by atomic mass is 16.5. The van der Waals surface area contributed by atoms with Crippen LogP contribution in [0.5, 0.6) is 0 Å². The van der Waals surface area contributed by atoms with Crippen LogP contribution in [0.15, 0.2) is 35.3 Å². The lowest BCUT2D eigenvalue weighted by atomic mass is 10.1. The first-order valence-corrected chi connectivity index (χ1v) is 12.6. The van der Waals surface area contributed by atoms with Gasteiger partial charge in [0.05, 0.1) is 6.61 Å². The Morgan fingerprint density at radius 2 is 1.89 bits per heavy atom. The van der Waals surface area contributed by atoms with Crippen LogP contribution in [0.1, 0.15) is 46.5 Å². The van der Waals surface area contributed by atoms with Crippen molar-refractivity contribution in [3.05, 3.63) is 40.8 Å².